The van der Waals surface area contributed by atoms with Gasteiger partial charge in [0.2, 0.25) is 5.43 Å². The number of hydrogen-bond acceptors (Lipinski definition) is 6. The second-order valence-corrected chi connectivity index (χ2v) is 11.5. The van der Waals surface area contributed by atoms with Gasteiger partial charge in [-0.25, -0.2) is 14.4 Å². The number of thiazole rings is 1. The Morgan fingerprint density at radius 2 is 1.82 bits per heavy atom. The van der Waals surface area contributed by atoms with Crippen LogP contribution in [0.2, 0.25) is 10.0 Å². The van der Waals surface area contributed by atoms with Gasteiger partial charge in [0.25, 0.3) is 11.8 Å². The molecule has 0 unspecified atom stereocenters. The number of amides is 2. The van der Waals surface area contributed by atoms with Crippen molar-refractivity contribution in [2.24, 2.45) is 0 Å². The zero-order valence-electron chi connectivity index (χ0n) is 20.0. The third-order valence-corrected chi connectivity index (χ3v) is 8.45. The van der Waals surface area contributed by atoms with Crippen LogP contribution in [0.25, 0.3) is 21.1 Å². The summed E-state index contributed by atoms with van der Waals surface area (Å²) in [6.45, 7) is 1.03. The number of nitrogens with one attached hydrogen (secondary N) is 2. The summed E-state index contributed by atoms with van der Waals surface area (Å²) in [7, 11) is 0. The van der Waals surface area contributed by atoms with Crippen molar-refractivity contribution in [1.29, 1.82) is 0 Å². The zero-order valence-corrected chi connectivity index (χ0v) is 22.3. The SMILES string of the molecule is O=C(NN1CCC(NC(=O)c2cn(C3CC3)c3cc(Cl)c(F)cc3c2=O)CC1)c1nc2cc(Cl)ccc2s1. The number of carbonyl (C=O) groups excluding carboxylic acids is 2. The highest BCUT2D eigenvalue weighted by molar-refractivity contribution is 7.20. The number of fused-ring (bicyclic) bond motifs is 2. The summed E-state index contributed by atoms with van der Waals surface area (Å²) >= 11 is 13.3. The largest absolute Gasteiger partial charge is 0.349 e. The van der Waals surface area contributed by atoms with E-state index in [4.69, 9.17) is 23.2 Å². The van der Waals surface area contributed by atoms with Crippen molar-refractivity contribution in [2.75, 3.05) is 13.1 Å². The number of hydrogen-bond donors (Lipinski definition) is 2. The lowest BCUT2D eigenvalue weighted by Gasteiger charge is -2.32. The molecule has 0 atom stereocenters. The molecule has 2 aliphatic rings. The molecule has 0 radical (unpaired) electrons. The molecule has 2 aromatic carbocycles. The summed E-state index contributed by atoms with van der Waals surface area (Å²) < 4.78 is 16.9. The molecule has 8 nitrogen and oxygen atoms in total. The molecule has 2 amide bonds. The molecular formula is C26H22Cl2FN5O3S. The van der Waals surface area contributed by atoms with Gasteiger partial charge in [-0.1, -0.05) is 23.2 Å². The average molecular weight is 574 g/mol. The van der Waals surface area contributed by atoms with Gasteiger partial charge in [-0.2, -0.15) is 0 Å². The van der Waals surface area contributed by atoms with E-state index in [0.717, 1.165) is 23.6 Å². The first-order chi connectivity index (χ1) is 18.3. The minimum atomic E-state index is -0.694. The highest BCUT2D eigenvalue weighted by atomic mass is 35.5. The number of nitrogens with zero attached hydrogens (tertiary/aromatic N) is 3. The van der Waals surface area contributed by atoms with E-state index >= 15 is 0 Å². The number of halogens is 3. The quantitative estimate of drug-likeness (QED) is 0.353. The maximum absolute atomic E-state index is 14.2. The first-order valence-corrected chi connectivity index (χ1v) is 13.8. The predicted octanol–water partition coefficient (Wildman–Crippen LogP) is 4.93. The molecule has 2 fully saturated rings. The number of piperidine rings is 1. The minimum absolute atomic E-state index is 0.0159. The normalized spacial score (nSPS) is 16.7. The third kappa shape index (κ3) is 4.89. The fourth-order valence-electron chi connectivity index (χ4n) is 4.75. The molecule has 3 heterocycles. The fraction of sp³-hybridized carbons (Fsp3) is 0.308. The van der Waals surface area contributed by atoms with Crippen LogP contribution in [0.3, 0.4) is 0 Å². The zero-order chi connectivity index (χ0) is 26.6. The summed E-state index contributed by atoms with van der Waals surface area (Å²) in [5.74, 6) is -1.48. The van der Waals surface area contributed by atoms with E-state index in [9.17, 15) is 18.8 Å². The van der Waals surface area contributed by atoms with Crippen molar-refractivity contribution in [3.63, 3.8) is 0 Å². The van der Waals surface area contributed by atoms with E-state index in [0.29, 0.717) is 47.0 Å². The highest BCUT2D eigenvalue weighted by Crippen LogP contribution is 2.37. The van der Waals surface area contributed by atoms with Gasteiger partial charge in [0.15, 0.2) is 5.01 Å². The van der Waals surface area contributed by atoms with Crippen molar-refractivity contribution in [2.45, 2.75) is 37.8 Å². The van der Waals surface area contributed by atoms with E-state index < -0.39 is 17.2 Å². The molecule has 1 saturated heterocycles. The lowest BCUT2D eigenvalue weighted by molar-refractivity contribution is 0.0701. The molecule has 0 spiro atoms. The first-order valence-electron chi connectivity index (χ1n) is 12.2. The number of benzene rings is 2. The van der Waals surface area contributed by atoms with E-state index in [1.165, 1.54) is 17.4 Å². The van der Waals surface area contributed by atoms with Crippen LogP contribution >= 0.6 is 34.5 Å². The number of carbonyl (C=O) groups is 2. The number of aromatic nitrogens is 2. The molecule has 12 heteroatoms. The van der Waals surface area contributed by atoms with E-state index in [1.807, 2.05) is 10.6 Å². The Bertz CT molecular complexity index is 1660. The van der Waals surface area contributed by atoms with Crippen LogP contribution in [0, 0.1) is 5.82 Å². The highest BCUT2D eigenvalue weighted by Gasteiger charge is 2.29. The molecule has 4 aromatic rings. The summed E-state index contributed by atoms with van der Waals surface area (Å²) in [4.78, 5) is 43.3. The van der Waals surface area contributed by atoms with Crippen LogP contribution in [0.15, 0.2) is 41.3 Å². The van der Waals surface area contributed by atoms with Crippen LogP contribution in [-0.4, -0.2) is 45.5 Å². The van der Waals surface area contributed by atoms with Gasteiger partial charge in [0.05, 0.1) is 20.8 Å². The summed E-state index contributed by atoms with van der Waals surface area (Å²) in [6.07, 6.45) is 4.56. The first kappa shape index (κ1) is 25.2. The Hall–Kier alpha value is -3.05. The standard InChI is InChI=1S/C26H22Cl2FN5O3S/c27-13-1-4-22-20(9-13)31-26(38-22)25(37)32-33-7-5-14(6-8-33)30-24(36)17-12-34(15-2-3-15)21-11-18(28)19(29)10-16(21)23(17)35/h1,4,9-12,14-15H,2-3,5-8H2,(H,30,36)(H,32,37). The Morgan fingerprint density at radius 1 is 1.05 bits per heavy atom. The lowest BCUT2D eigenvalue weighted by Crippen LogP contribution is -2.51. The van der Waals surface area contributed by atoms with Gasteiger partial charge in [-0.05, 0) is 56.0 Å². The third-order valence-electron chi connectivity index (χ3n) is 6.89. The molecule has 38 heavy (non-hydrogen) atoms. The van der Waals surface area contributed by atoms with Crippen molar-refractivity contribution in [1.82, 2.24) is 25.3 Å². The van der Waals surface area contributed by atoms with Crippen molar-refractivity contribution < 1.29 is 14.0 Å². The summed E-state index contributed by atoms with van der Waals surface area (Å²) in [5.41, 5.74) is 3.55. The predicted molar refractivity (Wildman–Crippen MR) is 146 cm³/mol. The van der Waals surface area contributed by atoms with E-state index in [2.05, 4.69) is 15.7 Å². The van der Waals surface area contributed by atoms with Crippen LogP contribution in [0.1, 0.15) is 51.9 Å². The van der Waals surface area contributed by atoms with Gasteiger partial charge < -0.3 is 9.88 Å². The second kappa shape index (κ2) is 9.92. The van der Waals surface area contributed by atoms with Crippen molar-refractivity contribution in [3.8, 4) is 0 Å². The molecule has 2 N–H and O–H groups in total. The number of pyridine rings is 1. The smallest absolute Gasteiger partial charge is 0.294 e. The fourth-order valence-corrected chi connectivity index (χ4v) is 5.91. The topological polar surface area (TPSA) is 96.3 Å². The van der Waals surface area contributed by atoms with Crippen LogP contribution < -0.4 is 16.2 Å². The monoisotopic (exact) mass is 573 g/mol. The molecule has 0 bridgehead atoms. The maximum atomic E-state index is 14.2. The molecule has 6 rings (SSSR count). The molecule has 1 aliphatic carbocycles. The van der Waals surface area contributed by atoms with E-state index in [1.54, 1.807) is 23.3 Å². The van der Waals surface area contributed by atoms with Crippen LogP contribution in [0.5, 0.6) is 0 Å². The molecule has 2 aromatic heterocycles. The lowest BCUT2D eigenvalue weighted by atomic mass is 10.0. The van der Waals surface area contributed by atoms with Gasteiger partial charge in [-0.15, -0.1) is 11.3 Å². The van der Waals surface area contributed by atoms with Gasteiger partial charge in [0, 0.05) is 41.8 Å². The van der Waals surface area contributed by atoms with Gasteiger partial charge in [-0.3, -0.25) is 19.8 Å². The molecule has 1 saturated carbocycles. The Morgan fingerprint density at radius 3 is 2.55 bits per heavy atom. The van der Waals surface area contributed by atoms with Gasteiger partial charge >= 0.3 is 0 Å². The van der Waals surface area contributed by atoms with Crippen molar-refractivity contribution >= 4 is 67.5 Å². The number of hydrazine groups is 1. The molecular weight excluding hydrogens is 552 g/mol. The second-order valence-electron chi connectivity index (χ2n) is 9.60. The van der Waals surface area contributed by atoms with Gasteiger partial charge in [0.1, 0.15) is 11.4 Å². The van der Waals surface area contributed by atoms with Crippen LogP contribution in [0.4, 0.5) is 4.39 Å². The Kier molecular flexibility index (Phi) is 6.59. The number of rotatable bonds is 5. The maximum Gasteiger partial charge on any atom is 0.294 e. The van der Waals surface area contributed by atoms with Crippen molar-refractivity contribution in [3.05, 3.63) is 73.2 Å². The Balaban J connectivity index is 1.12. The van der Waals surface area contributed by atoms with E-state index in [-0.39, 0.29) is 34.0 Å². The average Bonchev–Trinajstić information content (AvgIpc) is 3.64. The summed E-state index contributed by atoms with van der Waals surface area (Å²) in [6, 6.07) is 7.85. The summed E-state index contributed by atoms with van der Waals surface area (Å²) in [5, 5.41) is 5.73. The Labute approximate surface area is 230 Å². The molecule has 196 valence electrons. The van der Waals surface area contributed by atoms with Crippen LogP contribution in [-0.2, 0) is 0 Å². The minimum Gasteiger partial charge on any atom is -0.349 e. The molecule has 1 aliphatic heterocycles.